The lowest BCUT2D eigenvalue weighted by atomic mass is 10.1. The average Bonchev–Trinajstić information content (AvgIpc) is 3.60. The van der Waals surface area contributed by atoms with Gasteiger partial charge in [0.05, 0.1) is 65.9 Å². The molecule has 0 bridgehead atoms. The van der Waals surface area contributed by atoms with Crippen molar-refractivity contribution in [3.8, 4) is 28.7 Å². The first-order chi connectivity index (χ1) is 17.6. The van der Waals surface area contributed by atoms with E-state index in [1.54, 1.807) is 17.9 Å². The Morgan fingerprint density at radius 2 is 2.00 bits per heavy atom. The fourth-order valence-corrected chi connectivity index (χ4v) is 3.96. The maximum absolute atomic E-state index is 9.33. The number of hydrogen-bond donors (Lipinski definition) is 1. The zero-order valence-electron chi connectivity index (χ0n) is 20.1. The molecule has 0 radical (unpaired) electrons. The molecule has 182 valence electrons. The number of hydrogen-bond acceptors (Lipinski definition) is 9. The minimum atomic E-state index is -0.0913. The van der Waals surface area contributed by atoms with Gasteiger partial charge in [-0.3, -0.25) is 4.98 Å². The van der Waals surface area contributed by atoms with Crippen LogP contribution in [0.2, 0.25) is 0 Å². The van der Waals surface area contributed by atoms with E-state index in [-0.39, 0.29) is 12.1 Å². The van der Waals surface area contributed by atoms with Gasteiger partial charge in [0.15, 0.2) is 0 Å². The van der Waals surface area contributed by atoms with Gasteiger partial charge in [0.25, 0.3) is 0 Å². The highest BCUT2D eigenvalue weighted by Gasteiger charge is 2.19. The lowest BCUT2D eigenvalue weighted by molar-refractivity contribution is 0.116. The fourth-order valence-electron chi connectivity index (χ4n) is 3.96. The molecule has 10 nitrogen and oxygen atoms in total. The van der Waals surface area contributed by atoms with Crippen LogP contribution in [-0.4, -0.2) is 56.3 Å². The van der Waals surface area contributed by atoms with Crippen molar-refractivity contribution in [1.82, 2.24) is 29.9 Å². The number of anilines is 1. The summed E-state index contributed by atoms with van der Waals surface area (Å²) >= 11 is 0. The molecule has 5 rings (SSSR count). The Kier molecular flexibility index (Phi) is 6.93. The molecule has 1 aromatic carbocycles. The Hall–Kier alpha value is -4.20. The van der Waals surface area contributed by atoms with Gasteiger partial charge in [-0.1, -0.05) is 23.4 Å². The summed E-state index contributed by atoms with van der Waals surface area (Å²) in [4.78, 5) is 14.1. The molecule has 0 aliphatic carbocycles. The van der Waals surface area contributed by atoms with Crippen LogP contribution >= 0.6 is 0 Å². The molecule has 1 N–H and O–H groups in total. The van der Waals surface area contributed by atoms with Crippen LogP contribution in [0, 0.1) is 11.3 Å². The Labute approximate surface area is 209 Å². The summed E-state index contributed by atoms with van der Waals surface area (Å²) in [6, 6.07) is 17.4. The molecule has 0 spiro atoms. The third kappa shape index (κ3) is 5.38. The minimum Gasteiger partial charge on any atom is -0.379 e. The van der Waals surface area contributed by atoms with E-state index in [1.165, 1.54) is 0 Å². The quantitative estimate of drug-likeness (QED) is 0.401. The molecule has 2 atom stereocenters. The smallest absolute Gasteiger partial charge is 0.224 e. The van der Waals surface area contributed by atoms with Gasteiger partial charge in [0.1, 0.15) is 5.69 Å². The number of rotatable bonds is 8. The van der Waals surface area contributed by atoms with E-state index >= 15 is 0 Å². The molecule has 10 heteroatoms. The van der Waals surface area contributed by atoms with E-state index in [4.69, 9.17) is 19.4 Å². The predicted molar refractivity (Wildman–Crippen MR) is 133 cm³/mol. The summed E-state index contributed by atoms with van der Waals surface area (Å²) in [5.74, 6) is 0.484. The van der Waals surface area contributed by atoms with E-state index in [0.717, 1.165) is 23.4 Å². The van der Waals surface area contributed by atoms with Crippen LogP contribution in [0.5, 0.6) is 0 Å². The number of aromatic nitrogens is 6. The summed E-state index contributed by atoms with van der Waals surface area (Å²) in [6.07, 6.45) is 2.64. The van der Waals surface area contributed by atoms with Crippen LogP contribution in [0.4, 0.5) is 5.95 Å². The zero-order chi connectivity index (χ0) is 24.9. The largest absolute Gasteiger partial charge is 0.379 e. The number of nitrogens with zero attached hydrogens (tertiary/aromatic N) is 7. The number of benzene rings is 1. The third-order valence-corrected chi connectivity index (χ3v) is 6.00. The van der Waals surface area contributed by atoms with Crippen molar-refractivity contribution < 1.29 is 9.47 Å². The highest BCUT2D eigenvalue weighted by Crippen LogP contribution is 2.26. The van der Waals surface area contributed by atoms with Crippen LogP contribution < -0.4 is 5.32 Å². The number of methoxy groups -OCH3 is 1. The van der Waals surface area contributed by atoms with Gasteiger partial charge >= 0.3 is 0 Å². The predicted octanol–water partition coefficient (Wildman–Crippen LogP) is 3.63. The molecule has 1 saturated heterocycles. The Morgan fingerprint density at radius 3 is 2.81 bits per heavy atom. The van der Waals surface area contributed by atoms with Crippen molar-refractivity contribution in [1.29, 1.82) is 5.26 Å². The molecule has 1 aliphatic rings. The first kappa shape index (κ1) is 23.5. The SMILES string of the molecule is COC(C)c1cccc(Cn2cc(-c3cc(-c4cccc(C#N)c4)nc(N[C@@H]4CCOC4)n3)nn2)n1. The van der Waals surface area contributed by atoms with Crippen molar-refractivity contribution in [3.63, 3.8) is 0 Å². The fraction of sp³-hybridized carbons (Fsp3) is 0.308. The summed E-state index contributed by atoms with van der Waals surface area (Å²) in [7, 11) is 1.66. The van der Waals surface area contributed by atoms with Crippen molar-refractivity contribution in [2.45, 2.75) is 32.0 Å². The number of pyridine rings is 1. The molecular formula is C26H26N8O2. The summed E-state index contributed by atoms with van der Waals surface area (Å²) in [5, 5.41) is 21.4. The van der Waals surface area contributed by atoms with Gasteiger partial charge in [-0.15, -0.1) is 5.10 Å². The van der Waals surface area contributed by atoms with Crippen molar-refractivity contribution in [2.75, 3.05) is 25.6 Å². The Balaban J connectivity index is 1.45. The topological polar surface area (TPSA) is 124 Å². The van der Waals surface area contributed by atoms with E-state index in [9.17, 15) is 5.26 Å². The van der Waals surface area contributed by atoms with Gasteiger partial charge in [-0.25, -0.2) is 14.6 Å². The highest BCUT2D eigenvalue weighted by atomic mass is 16.5. The van der Waals surface area contributed by atoms with Crippen LogP contribution in [0.25, 0.3) is 22.6 Å². The summed E-state index contributed by atoms with van der Waals surface area (Å²) < 4.78 is 12.6. The first-order valence-corrected chi connectivity index (χ1v) is 11.7. The lowest BCUT2D eigenvalue weighted by Crippen LogP contribution is -2.20. The maximum atomic E-state index is 9.33. The van der Waals surface area contributed by atoms with Gasteiger partial charge in [-0.2, -0.15) is 5.26 Å². The van der Waals surface area contributed by atoms with E-state index in [0.29, 0.717) is 48.4 Å². The molecule has 3 aromatic heterocycles. The van der Waals surface area contributed by atoms with Crippen molar-refractivity contribution in [3.05, 3.63) is 71.7 Å². The normalized spacial score (nSPS) is 16.0. The third-order valence-electron chi connectivity index (χ3n) is 6.00. The standard InChI is InChI=1S/C26H26N8O2/c1-17(35-2)22-8-4-7-20(28-22)14-34-15-25(32-33-34)24-12-23(19-6-3-5-18(11-19)13-27)30-26(31-24)29-21-9-10-36-16-21/h3-8,11-12,15,17,21H,9-10,14,16H2,1-2H3,(H,29,30,31)/t17?,21-/m1/s1. The zero-order valence-corrected chi connectivity index (χ0v) is 20.1. The van der Waals surface area contributed by atoms with Crippen molar-refractivity contribution in [2.24, 2.45) is 0 Å². The minimum absolute atomic E-state index is 0.0913. The second-order valence-corrected chi connectivity index (χ2v) is 8.59. The lowest BCUT2D eigenvalue weighted by Gasteiger charge is -2.13. The van der Waals surface area contributed by atoms with Gasteiger partial charge in [-0.05, 0) is 43.7 Å². The second kappa shape index (κ2) is 10.6. The van der Waals surface area contributed by atoms with Gasteiger partial charge in [0.2, 0.25) is 5.95 Å². The maximum Gasteiger partial charge on any atom is 0.224 e. The van der Waals surface area contributed by atoms with Crippen LogP contribution in [0.3, 0.4) is 0 Å². The van der Waals surface area contributed by atoms with E-state index in [2.05, 4.69) is 26.7 Å². The van der Waals surface area contributed by atoms with Crippen LogP contribution in [0.15, 0.2) is 54.7 Å². The van der Waals surface area contributed by atoms with Gasteiger partial charge in [0, 0.05) is 19.3 Å². The van der Waals surface area contributed by atoms with E-state index in [1.807, 2.05) is 55.6 Å². The Bertz CT molecular complexity index is 1390. The first-order valence-electron chi connectivity index (χ1n) is 11.7. The van der Waals surface area contributed by atoms with Gasteiger partial charge < -0.3 is 14.8 Å². The average molecular weight is 483 g/mol. The van der Waals surface area contributed by atoms with Crippen molar-refractivity contribution >= 4 is 5.95 Å². The molecule has 0 amide bonds. The number of ether oxygens (including phenoxy) is 2. The second-order valence-electron chi connectivity index (χ2n) is 8.59. The Morgan fingerprint density at radius 1 is 1.14 bits per heavy atom. The summed E-state index contributed by atoms with van der Waals surface area (Å²) in [5.41, 5.74) is 5.04. The molecule has 1 fully saturated rings. The summed E-state index contributed by atoms with van der Waals surface area (Å²) in [6.45, 7) is 3.74. The van der Waals surface area contributed by atoms with E-state index < -0.39 is 0 Å². The molecular weight excluding hydrogens is 456 g/mol. The molecule has 0 saturated carbocycles. The molecule has 1 unspecified atom stereocenters. The highest BCUT2D eigenvalue weighted by molar-refractivity contribution is 5.68. The number of nitrogens with one attached hydrogen (secondary N) is 1. The molecule has 36 heavy (non-hydrogen) atoms. The number of nitriles is 1. The van der Waals surface area contributed by atoms with Crippen LogP contribution in [0.1, 0.15) is 36.4 Å². The molecule has 1 aliphatic heterocycles. The monoisotopic (exact) mass is 482 g/mol. The molecule has 4 heterocycles. The van der Waals surface area contributed by atoms with Crippen LogP contribution in [-0.2, 0) is 16.0 Å². The molecule has 4 aromatic rings.